The molecule has 1 N–H and O–H groups in total. The molecule has 2 aromatic carbocycles. The Bertz CT molecular complexity index is 616. The SMILES string of the molecule is O=C(Cc1ccc(-c2ccccc2)cc1)NCC[C@@H]1CCCO1. The molecule has 0 bridgehead atoms. The molecule has 1 saturated heterocycles. The van der Waals surface area contributed by atoms with Gasteiger partial charge < -0.3 is 10.1 Å². The Morgan fingerprint density at radius 2 is 1.78 bits per heavy atom. The van der Waals surface area contributed by atoms with Crippen molar-refractivity contribution in [1.29, 1.82) is 0 Å². The summed E-state index contributed by atoms with van der Waals surface area (Å²) in [5.41, 5.74) is 3.41. The zero-order valence-corrected chi connectivity index (χ0v) is 13.3. The normalized spacial score (nSPS) is 17.1. The molecule has 0 radical (unpaired) electrons. The standard InChI is InChI=1S/C20H23NO2/c22-20(21-13-12-19-7-4-14-23-19)15-16-8-10-18(11-9-16)17-5-2-1-3-6-17/h1-3,5-6,8-11,19H,4,7,12-15H2,(H,21,22)/t19-/m0/s1. The number of hydrogen-bond acceptors (Lipinski definition) is 2. The van der Waals surface area contributed by atoms with Crippen molar-refractivity contribution >= 4 is 5.91 Å². The predicted octanol–water partition coefficient (Wildman–Crippen LogP) is 3.58. The van der Waals surface area contributed by atoms with E-state index in [1.807, 2.05) is 30.3 Å². The number of carbonyl (C=O) groups excluding carboxylic acids is 1. The molecule has 1 amide bonds. The van der Waals surface area contributed by atoms with Crippen LogP contribution in [0.4, 0.5) is 0 Å². The van der Waals surface area contributed by atoms with Gasteiger partial charge in [0.05, 0.1) is 12.5 Å². The van der Waals surface area contributed by atoms with Gasteiger partial charge in [-0.15, -0.1) is 0 Å². The van der Waals surface area contributed by atoms with E-state index >= 15 is 0 Å². The Morgan fingerprint density at radius 1 is 1.04 bits per heavy atom. The maximum absolute atomic E-state index is 12.0. The van der Waals surface area contributed by atoms with Gasteiger partial charge in [-0.25, -0.2) is 0 Å². The molecule has 1 heterocycles. The molecular weight excluding hydrogens is 286 g/mol. The lowest BCUT2D eigenvalue weighted by atomic mass is 10.0. The van der Waals surface area contributed by atoms with Gasteiger partial charge in [-0.3, -0.25) is 4.79 Å². The van der Waals surface area contributed by atoms with Crippen LogP contribution in [0.5, 0.6) is 0 Å². The average molecular weight is 309 g/mol. The number of benzene rings is 2. The fourth-order valence-corrected chi connectivity index (χ4v) is 2.94. The highest BCUT2D eigenvalue weighted by Crippen LogP contribution is 2.19. The summed E-state index contributed by atoms with van der Waals surface area (Å²) < 4.78 is 5.56. The van der Waals surface area contributed by atoms with Crippen LogP contribution >= 0.6 is 0 Å². The Hall–Kier alpha value is -2.13. The third-order valence-corrected chi connectivity index (χ3v) is 4.24. The van der Waals surface area contributed by atoms with E-state index in [-0.39, 0.29) is 5.91 Å². The first-order valence-corrected chi connectivity index (χ1v) is 8.34. The summed E-state index contributed by atoms with van der Waals surface area (Å²) >= 11 is 0. The number of amides is 1. The second kappa shape index (κ2) is 7.93. The maximum Gasteiger partial charge on any atom is 0.224 e. The number of rotatable bonds is 6. The van der Waals surface area contributed by atoms with Crippen LogP contribution in [-0.2, 0) is 16.0 Å². The van der Waals surface area contributed by atoms with Gasteiger partial charge in [0, 0.05) is 13.2 Å². The highest BCUT2D eigenvalue weighted by atomic mass is 16.5. The molecule has 0 saturated carbocycles. The lowest BCUT2D eigenvalue weighted by Crippen LogP contribution is -2.28. The summed E-state index contributed by atoms with van der Waals surface area (Å²) in [4.78, 5) is 12.0. The summed E-state index contributed by atoms with van der Waals surface area (Å²) in [6, 6.07) is 18.5. The molecule has 0 aromatic heterocycles. The lowest BCUT2D eigenvalue weighted by Gasteiger charge is -2.10. The summed E-state index contributed by atoms with van der Waals surface area (Å²) in [5, 5.41) is 2.99. The van der Waals surface area contributed by atoms with Crippen LogP contribution in [0.15, 0.2) is 54.6 Å². The highest BCUT2D eigenvalue weighted by Gasteiger charge is 2.15. The quantitative estimate of drug-likeness (QED) is 0.885. The number of ether oxygens (including phenoxy) is 1. The van der Waals surface area contributed by atoms with E-state index in [0.717, 1.165) is 31.4 Å². The fourth-order valence-electron chi connectivity index (χ4n) is 2.94. The van der Waals surface area contributed by atoms with Crippen LogP contribution in [0.25, 0.3) is 11.1 Å². The van der Waals surface area contributed by atoms with Crippen LogP contribution in [-0.4, -0.2) is 25.2 Å². The molecule has 23 heavy (non-hydrogen) atoms. The van der Waals surface area contributed by atoms with Crippen LogP contribution in [0.2, 0.25) is 0 Å². The van der Waals surface area contributed by atoms with Crippen molar-refractivity contribution in [2.75, 3.05) is 13.2 Å². The molecule has 0 aliphatic carbocycles. The van der Waals surface area contributed by atoms with E-state index in [1.165, 1.54) is 11.1 Å². The van der Waals surface area contributed by atoms with Crippen molar-refractivity contribution in [3.05, 3.63) is 60.2 Å². The largest absolute Gasteiger partial charge is 0.378 e. The number of carbonyl (C=O) groups is 1. The smallest absolute Gasteiger partial charge is 0.224 e. The van der Waals surface area contributed by atoms with E-state index < -0.39 is 0 Å². The number of hydrogen-bond donors (Lipinski definition) is 1. The van der Waals surface area contributed by atoms with Crippen molar-refractivity contribution in [1.82, 2.24) is 5.32 Å². The van der Waals surface area contributed by atoms with Crippen molar-refractivity contribution in [2.45, 2.75) is 31.8 Å². The van der Waals surface area contributed by atoms with Gasteiger partial charge in [-0.05, 0) is 36.0 Å². The molecule has 3 nitrogen and oxygen atoms in total. The van der Waals surface area contributed by atoms with E-state index in [1.54, 1.807) is 0 Å². The van der Waals surface area contributed by atoms with Gasteiger partial charge >= 0.3 is 0 Å². The van der Waals surface area contributed by atoms with Crippen molar-refractivity contribution in [3.8, 4) is 11.1 Å². The summed E-state index contributed by atoms with van der Waals surface area (Å²) in [7, 11) is 0. The Kier molecular flexibility index (Phi) is 5.43. The van der Waals surface area contributed by atoms with E-state index in [4.69, 9.17) is 4.74 Å². The Labute approximate surface area is 137 Å². The lowest BCUT2D eigenvalue weighted by molar-refractivity contribution is -0.120. The van der Waals surface area contributed by atoms with Crippen LogP contribution in [0.1, 0.15) is 24.8 Å². The zero-order valence-electron chi connectivity index (χ0n) is 13.3. The molecule has 0 spiro atoms. The van der Waals surface area contributed by atoms with Crippen LogP contribution in [0, 0.1) is 0 Å². The first-order valence-electron chi connectivity index (χ1n) is 8.34. The zero-order chi connectivity index (χ0) is 15.9. The van der Waals surface area contributed by atoms with Crippen molar-refractivity contribution in [2.24, 2.45) is 0 Å². The molecule has 2 aromatic rings. The number of nitrogens with one attached hydrogen (secondary N) is 1. The van der Waals surface area contributed by atoms with Gasteiger partial charge in [0.1, 0.15) is 0 Å². The van der Waals surface area contributed by atoms with E-state index in [9.17, 15) is 4.79 Å². The molecule has 1 fully saturated rings. The first kappa shape index (κ1) is 15.8. The van der Waals surface area contributed by atoms with Gasteiger partial charge in [0.25, 0.3) is 0 Å². The summed E-state index contributed by atoms with van der Waals surface area (Å²) in [6.07, 6.45) is 3.95. The minimum Gasteiger partial charge on any atom is -0.378 e. The third-order valence-electron chi connectivity index (χ3n) is 4.24. The topological polar surface area (TPSA) is 38.3 Å². The molecule has 0 unspecified atom stereocenters. The summed E-state index contributed by atoms with van der Waals surface area (Å²) in [5.74, 6) is 0.0791. The van der Waals surface area contributed by atoms with Crippen LogP contribution in [0.3, 0.4) is 0 Å². The van der Waals surface area contributed by atoms with Gasteiger partial charge in [-0.2, -0.15) is 0 Å². The Morgan fingerprint density at radius 3 is 2.48 bits per heavy atom. The van der Waals surface area contributed by atoms with Crippen LogP contribution < -0.4 is 5.32 Å². The van der Waals surface area contributed by atoms with Gasteiger partial charge in [0.15, 0.2) is 0 Å². The van der Waals surface area contributed by atoms with Crippen molar-refractivity contribution < 1.29 is 9.53 Å². The minimum atomic E-state index is 0.0791. The third kappa shape index (κ3) is 4.67. The molecule has 3 rings (SSSR count). The molecule has 120 valence electrons. The second-order valence-corrected chi connectivity index (χ2v) is 6.01. The maximum atomic E-state index is 12.0. The first-order chi connectivity index (χ1) is 11.3. The van der Waals surface area contributed by atoms with Gasteiger partial charge in [0.2, 0.25) is 5.91 Å². The Balaban J connectivity index is 1.46. The summed E-state index contributed by atoms with van der Waals surface area (Å²) in [6.45, 7) is 1.57. The predicted molar refractivity (Wildman–Crippen MR) is 92.2 cm³/mol. The molecule has 1 aliphatic heterocycles. The average Bonchev–Trinajstić information content (AvgIpc) is 3.10. The van der Waals surface area contributed by atoms with Gasteiger partial charge in [-0.1, -0.05) is 54.6 Å². The molecule has 3 heteroatoms. The minimum absolute atomic E-state index is 0.0791. The fraction of sp³-hybridized carbons (Fsp3) is 0.350. The van der Waals surface area contributed by atoms with E-state index in [0.29, 0.717) is 19.1 Å². The highest BCUT2D eigenvalue weighted by molar-refractivity contribution is 5.78. The monoisotopic (exact) mass is 309 g/mol. The van der Waals surface area contributed by atoms with Crippen molar-refractivity contribution in [3.63, 3.8) is 0 Å². The molecule has 1 aliphatic rings. The molecule has 1 atom stereocenters. The molecular formula is C20H23NO2. The second-order valence-electron chi connectivity index (χ2n) is 6.01. The van der Waals surface area contributed by atoms with E-state index in [2.05, 4.69) is 29.6 Å².